The van der Waals surface area contributed by atoms with Gasteiger partial charge in [-0.05, 0) is 12.8 Å². The molecule has 0 amide bonds. The first-order chi connectivity index (χ1) is 7.10. The Balaban J connectivity index is 3.52. The van der Waals surface area contributed by atoms with Gasteiger partial charge in [0.1, 0.15) is 6.10 Å². The molecule has 0 aromatic carbocycles. The predicted octanol–water partition coefficient (Wildman–Crippen LogP) is 1.80. The summed E-state index contributed by atoms with van der Waals surface area (Å²) in [7, 11) is 0. The second-order valence-electron chi connectivity index (χ2n) is 2.37. The van der Waals surface area contributed by atoms with E-state index in [-0.39, 0.29) is 6.10 Å². The van der Waals surface area contributed by atoms with Crippen molar-refractivity contribution in [3.63, 3.8) is 0 Å². The standard InChI is InChI=1S/C7H12O8/c1-3-5(4-2)11-13-7(10)14-15-12-6(8)9/h5H,3-4H2,1-2H3,(H,8,9). The fourth-order valence-electron chi connectivity index (χ4n) is 0.620. The first-order valence-corrected chi connectivity index (χ1v) is 4.21. The molecule has 0 aliphatic rings. The van der Waals surface area contributed by atoms with Crippen LogP contribution in [0.15, 0.2) is 0 Å². The van der Waals surface area contributed by atoms with Gasteiger partial charge in [-0.15, -0.1) is 0 Å². The van der Waals surface area contributed by atoms with Crippen LogP contribution in [0.25, 0.3) is 0 Å². The van der Waals surface area contributed by atoms with Crippen LogP contribution in [-0.4, -0.2) is 23.5 Å². The number of carbonyl (C=O) groups is 2. The van der Waals surface area contributed by atoms with E-state index < -0.39 is 12.3 Å². The van der Waals surface area contributed by atoms with E-state index in [1.807, 2.05) is 13.8 Å². The largest absolute Gasteiger partial charge is 0.575 e. The Morgan fingerprint density at radius 1 is 1.13 bits per heavy atom. The lowest BCUT2D eigenvalue weighted by Crippen LogP contribution is -2.16. The molecule has 0 saturated heterocycles. The zero-order chi connectivity index (χ0) is 11.7. The average Bonchev–Trinajstić information content (AvgIpc) is 2.18. The van der Waals surface area contributed by atoms with Crippen molar-refractivity contribution in [2.24, 2.45) is 0 Å². The quantitative estimate of drug-likeness (QED) is 0.538. The zero-order valence-corrected chi connectivity index (χ0v) is 8.30. The van der Waals surface area contributed by atoms with Crippen molar-refractivity contribution in [3.05, 3.63) is 0 Å². The molecule has 0 aromatic rings. The SMILES string of the molecule is CCC(CC)OOC(=O)OOOC(=O)O. The maximum Gasteiger partial charge on any atom is 0.575 e. The van der Waals surface area contributed by atoms with Gasteiger partial charge in [0, 0.05) is 0 Å². The highest BCUT2D eigenvalue weighted by Crippen LogP contribution is 2.03. The van der Waals surface area contributed by atoms with E-state index in [2.05, 4.69) is 24.6 Å². The van der Waals surface area contributed by atoms with E-state index in [1.165, 1.54) is 0 Å². The van der Waals surface area contributed by atoms with E-state index in [4.69, 9.17) is 5.11 Å². The van der Waals surface area contributed by atoms with Crippen molar-refractivity contribution in [1.82, 2.24) is 0 Å². The van der Waals surface area contributed by atoms with E-state index in [1.54, 1.807) is 0 Å². The Morgan fingerprint density at radius 2 is 1.73 bits per heavy atom. The molecule has 0 saturated carbocycles. The summed E-state index contributed by atoms with van der Waals surface area (Å²) < 4.78 is 0. The molecule has 0 rings (SSSR count). The fraction of sp³-hybridized carbons (Fsp3) is 0.714. The molecule has 0 atom stereocenters. The highest BCUT2D eigenvalue weighted by Gasteiger charge is 2.13. The van der Waals surface area contributed by atoms with Crippen LogP contribution in [-0.2, 0) is 24.6 Å². The van der Waals surface area contributed by atoms with Gasteiger partial charge in [0.05, 0.1) is 5.04 Å². The third kappa shape index (κ3) is 7.52. The number of carbonyl (C=O) groups excluding carboxylic acids is 1. The van der Waals surface area contributed by atoms with Crippen LogP contribution in [0.3, 0.4) is 0 Å². The van der Waals surface area contributed by atoms with Gasteiger partial charge >= 0.3 is 12.3 Å². The minimum Gasteiger partial charge on any atom is -0.448 e. The van der Waals surface area contributed by atoms with Crippen molar-refractivity contribution < 1.29 is 39.3 Å². The molecule has 0 radical (unpaired) electrons. The maximum atomic E-state index is 10.6. The summed E-state index contributed by atoms with van der Waals surface area (Å²) in [6.07, 6.45) is -2.07. The summed E-state index contributed by atoms with van der Waals surface area (Å²) in [5.41, 5.74) is 0. The van der Waals surface area contributed by atoms with Crippen LogP contribution in [0.4, 0.5) is 9.59 Å². The van der Waals surface area contributed by atoms with Crippen molar-refractivity contribution >= 4 is 12.3 Å². The molecule has 0 aromatic heterocycles. The van der Waals surface area contributed by atoms with Gasteiger partial charge in [0.15, 0.2) is 0 Å². The summed E-state index contributed by atoms with van der Waals surface area (Å²) >= 11 is 0. The highest BCUT2D eigenvalue weighted by molar-refractivity contribution is 5.58. The van der Waals surface area contributed by atoms with Crippen LogP contribution >= 0.6 is 0 Å². The highest BCUT2D eigenvalue weighted by atomic mass is 17.5. The van der Waals surface area contributed by atoms with E-state index in [0.29, 0.717) is 12.8 Å². The molecule has 0 aliphatic heterocycles. The third-order valence-electron chi connectivity index (χ3n) is 1.37. The first kappa shape index (κ1) is 13.5. The lowest BCUT2D eigenvalue weighted by Gasteiger charge is -2.09. The van der Waals surface area contributed by atoms with Gasteiger partial charge in [-0.25, -0.2) is 14.6 Å². The van der Waals surface area contributed by atoms with Crippen molar-refractivity contribution in [1.29, 1.82) is 0 Å². The monoisotopic (exact) mass is 224 g/mol. The van der Waals surface area contributed by atoms with E-state index in [9.17, 15) is 9.59 Å². The second-order valence-corrected chi connectivity index (χ2v) is 2.37. The van der Waals surface area contributed by atoms with Crippen LogP contribution < -0.4 is 0 Å². The van der Waals surface area contributed by atoms with E-state index in [0.717, 1.165) is 0 Å². The van der Waals surface area contributed by atoms with Gasteiger partial charge in [-0.1, -0.05) is 13.8 Å². The summed E-state index contributed by atoms with van der Waals surface area (Å²) in [5.74, 6) is 0. The summed E-state index contributed by atoms with van der Waals surface area (Å²) in [5, 5.41) is 11.4. The zero-order valence-electron chi connectivity index (χ0n) is 8.30. The Morgan fingerprint density at radius 3 is 2.20 bits per heavy atom. The Bertz CT molecular complexity index is 199. The fourth-order valence-corrected chi connectivity index (χ4v) is 0.620. The molecular formula is C7H12O8. The number of carboxylic acid groups (broad SMARTS) is 1. The summed E-state index contributed by atoms with van der Waals surface area (Å²) in [6, 6.07) is 0. The minimum absolute atomic E-state index is 0.252. The van der Waals surface area contributed by atoms with Gasteiger partial charge in [-0.2, -0.15) is 9.68 Å². The molecular weight excluding hydrogens is 212 g/mol. The Labute approximate surface area is 85.4 Å². The van der Waals surface area contributed by atoms with Gasteiger partial charge in [-0.3, -0.25) is 4.89 Å². The van der Waals surface area contributed by atoms with Gasteiger partial charge in [0.2, 0.25) is 0 Å². The molecule has 1 N–H and O–H groups in total. The summed E-state index contributed by atoms with van der Waals surface area (Å²) in [6.45, 7) is 3.68. The number of rotatable bonds is 6. The van der Waals surface area contributed by atoms with Gasteiger partial charge in [0.25, 0.3) is 0 Å². The minimum atomic E-state index is -1.76. The lowest BCUT2D eigenvalue weighted by molar-refractivity contribution is -0.469. The van der Waals surface area contributed by atoms with Crippen molar-refractivity contribution in [2.75, 3.05) is 0 Å². The molecule has 8 nitrogen and oxygen atoms in total. The second kappa shape index (κ2) is 7.83. The Hall–Kier alpha value is -1.54. The third-order valence-corrected chi connectivity index (χ3v) is 1.37. The molecule has 0 spiro atoms. The summed E-state index contributed by atoms with van der Waals surface area (Å²) in [4.78, 5) is 36.1. The number of hydrogen-bond donors (Lipinski definition) is 1. The molecule has 15 heavy (non-hydrogen) atoms. The predicted molar refractivity (Wildman–Crippen MR) is 43.2 cm³/mol. The topological polar surface area (TPSA) is 101 Å². The van der Waals surface area contributed by atoms with Crippen molar-refractivity contribution in [2.45, 2.75) is 32.8 Å². The molecule has 0 fully saturated rings. The van der Waals surface area contributed by atoms with Crippen LogP contribution in [0.1, 0.15) is 26.7 Å². The van der Waals surface area contributed by atoms with Crippen LogP contribution in [0.2, 0.25) is 0 Å². The number of hydrogen-bond acceptors (Lipinski definition) is 7. The molecule has 0 unspecified atom stereocenters. The molecule has 0 heterocycles. The molecule has 0 aliphatic carbocycles. The lowest BCUT2D eigenvalue weighted by atomic mass is 10.2. The molecule has 88 valence electrons. The smallest absolute Gasteiger partial charge is 0.448 e. The van der Waals surface area contributed by atoms with E-state index >= 15 is 0 Å². The van der Waals surface area contributed by atoms with Gasteiger partial charge < -0.3 is 5.11 Å². The Kier molecular flexibility index (Phi) is 7.02. The van der Waals surface area contributed by atoms with Crippen LogP contribution in [0, 0.1) is 0 Å². The maximum absolute atomic E-state index is 10.6. The van der Waals surface area contributed by atoms with Crippen LogP contribution in [0.5, 0.6) is 0 Å². The first-order valence-electron chi connectivity index (χ1n) is 4.21. The molecule has 0 bridgehead atoms. The van der Waals surface area contributed by atoms with Crippen molar-refractivity contribution in [3.8, 4) is 0 Å². The molecule has 8 heteroatoms. The average molecular weight is 224 g/mol. The normalized spacial score (nSPS) is 9.80.